The molecule has 1 aliphatic rings. The van der Waals surface area contributed by atoms with Gasteiger partial charge in [0.15, 0.2) is 0 Å². The van der Waals surface area contributed by atoms with E-state index in [9.17, 15) is 22.8 Å². The molecule has 0 fully saturated rings. The molecule has 0 bridgehead atoms. The van der Waals surface area contributed by atoms with Gasteiger partial charge in [-0.05, 0) is 30.2 Å². The highest BCUT2D eigenvalue weighted by molar-refractivity contribution is 7.90. The van der Waals surface area contributed by atoms with Crippen LogP contribution < -0.4 is 10.9 Å². The fourth-order valence-corrected chi connectivity index (χ4v) is 4.20. The molecule has 1 aliphatic heterocycles. The second-order valence-electron chi connectivity index (χ2n) is 7.45. The Kier molecular flexibility index (Phi) is 7.01. The molecule has 168 valence electrons. The Labute approximate surface area is 190 Å². The first-order valence-corrected chi connectivity index (χ1v) is 12.2. The van der Waals surface area contributed by atoms with Crippen molar-refractivity contribution in [3.05, 3.63) is 73.9 Å². The molecule has 1 aromatic carbocycles. The van der Waals surface area contributed by atoms with Gasteiger partial charge in [-0.3, -0.25) is 14.4 Å². The SMILES string of the molecule is [C-]#[N+]c1cc(C(=O)NCc2ccc(Cl)cc2)c(=O)n2c1C(=O)N(CCCS(C)(=O)=O)CC2. The number of sulfone groups is 1. The number of rotatable bonds is 7. The lowest BCUT2D eigenvalue weighted by Crippen LogP contribution is -2.46. The van der Waals surface area contributed by atoms with E-state index < -0.39 is 27.2 Å². The first-order chi connectivity index (χ1) is 15.1. The van der Waals surface area contributed by atoms with E-state index >= 15 is 0 Å². The summed E-state index contributed by atoms with van der Waals surface area (Å²) in [7, 11) is -3.16. The molecule has 1 N–H and O–H groups in total. The van der Waals surface area contributed by atoms with Gasteiger partial charge in [0.1, 0.15) is 15.5 Å². The maximum atomic E-state index is 12.9. The van der Waals surface area contributed by atoms with Crippen molar-refractivity contribution in [1.82, 2.24) is 14.8 Å². The normalized spacial score (nSPS) is 13.4. The predicted octanol–water partition coefficient (Wildman–Crippen LogP) is 1.87. The van der Waals surface area contributed by atoms with E-state index in [0.717, 1.165) is 22.5 Å². The van der Waals surface area contributed by atoms with Crippen LogP contribution in [0.5, 0.6) is 0 Å². The van der Waals surface area contributed by atoms with Gasteiger partial charge in [0.05, 0.1) is 17.9 Å². The van der Waals surface area contributed by atoms with Crippen molar-refractivity contribution < 1.29 is 18.0 Å². The van der Waals surface area contributed by atoms with Gasteiger partial charge in [-0.25, -0.2) is 13.3 Å². The van der Waals surface area contributed by atoms with Crippen molar-refractivity contribution in [2.45, 2.75) is 19.5 Å². The molecule has 2 heterocycles. The minimum atomic E-state index is -3.16. The maximum absolute atomic E-state index is 12.9. The van der Waals surface area contributed by atoms with E-state index in [0.29, 0.717) is 5.02 Å². The summed E-state index contributed by atoms with van der Waals surface area (Å²) in [6.45, 7) is 8.09. The zero-order valence-corrected chi connectivity index (χ0v) is 18.9. The lowest BCUT2D eigenvalue weighted by molar-refractivity contribution is 0.0701. The first-order valence-electron chi connectivity index (χ1n) is 9.75. The molecule has 0 radical (unpaired) electrons. The first kappa shape index (κ1) is 23.5. The molecule has 2 amide bonds. The Morgan fingerprint density at radius 1 is 1.22 bits per heavy atom. The van der Waals surface area contributed by atoms with Crippen molar-refractivity contribution in [1.29, 1.82) is 0 Å². The lowest BCUT2D eigenvalue weighted by atomic mass is 10.1. The quantitative estimate of drug-likeness (QED) is 0.613. The predicted molar refractivity (Wildman–Crippen MR) is 120 cm³/mol. The van der Waals surface area contributed by atoms with Crippen LogP contribution in [0.15, 0.2) is 35.1 Å². The Balaban J connectivity index is 1.82. The molecule has 0 saturated heterocycles. The van der Waals surface area contributed by atoms with Crippen LogP contribution in [0.4, 0.5) is 5.69 Å². The summed E-state index contributed by atoms with van der Waals surface area (Å²) in [4.78, 5) is 43.2. The molecule has 3 rings (SSSR count). The fraction of sp³-hybridized carbons (Fsp3) is 0.333. The standard InChI is InChI=1S/C21H21ClN4O5S/c1-23-17-12-16(19(27)24-13-14-4-6-15(22)7-5-14)20(28)26-10-9-25(21(29)18(17)26)8-3-11-32(2,30)31/h4-7,12H,3,8-11,13H2,2H3,(H,24,27). The molecule has 11 heteroatoms. The average Bonchev–Trinajstić information content (AvgIpc) is 2.74. The van der Waals surface area contributed by atoms with Crippen molar-refractivity contribution >= 4 is 38.9 Å². The van der Waals surface area contributed by atoms with E-state index in [-0.39, 0.29) is 55.3 Å². The number of pyridine rings is 1. The van der Waals surface area contributed by atoms with Gasteiger partial charge in [-0.2, -0.15) is 0 Å². The average molecular weight is 477 g/mol. The lowest BCUT2D eigenvalue weighted by Gasteiger charge is -2.30. The van der Waals surface area contributed by atoms with Crippen LogP contribution in [0.2, 0.25) is 5.02 Å². The largest absolute Gasteiger partial charge is 0.348 e. The zero-order valence-electron chi connectivity index (χ0n) is 17.3. The summed E-state index contributed by atoms with van der Waals surface area (Å²) >= 11 is 5.84. The van der Waals surface area contributed by atoms with Gasteiger partial charge in [-0.1, -0.05) is 23.7 Å². The van der Waals surface area contributed by atoms with Crippen molar-refractivity contribution in [2.75, 3.05) is 25.1 Å². The topological polar surface area (TPSA) is 110 Å². The minimum Gasteiger partial charge on any atom is -0.348 e. The van der Waals surface area contributed by atoms with Crippen molar-refractivity contribution in [2.24, 2.45) is 0 Å². The van der Waals surface area contributed by atoms with E-state index in [1.54, 1.807) is 24.3 Å². The number of nitrogens with zero attached hydrogens (tertiary/aromatic N) is 3. The second kappa shape index (κ2) is 9.54. The highest BCUT2D eigenvalue weighted by atomic mass is 35.5. The fourth-order valence-electron chi connectivity index (χ4n) is 3.42. The molecule has 32 heavy (non-hydrogen) atoms. The number of carbonyl (C=O) groups excluding carboxylic acids is 2. The number of nitrogens with one attached hydrogen (secondary N) is 1. The minimum absolute atomic E-state index is 0.0635. The smallest absolute Gasteiger partial charge is 0.261 e. The van der Waals surface area contributed by atoms with Gasteiger partial charge in [0, 0.05) is 37.5 Å². The molecule has 1 aromatic heterocycles. The third kappa shape index (κ3) is 5.36. The summed E-state index contributed by atoms with van der Waals surface area (Å²) in [6.07, 6.45) is 1.38. The highest BCUT2D eigenvalue weighted by Gasteiger charge is 2.30. The van der Waals surface area contributed by atoms with Crippen LogP contribution in [0.25, 0.3) is 4.85 Å². The van der Waals surface area contributed by atoms with E-state index in [1.807, 2.05) is 0 Å². The summed E-state index contributed by atoms with van der Waals surface area (Å²) in [5.41, 5.74) is -0.257. The number of aromatic nitrogens is 1. The van der Waals surface area contributed by atoms with E-state index in [1.165, 1.54) is 4.90 Å². The van der Waals surface area contributed by atoms with Crippen LogP contribution in [-0.4, -0.2) is 54.8 Å². The monoisotopic (exact) mass is 476 g/mol. The Morgan fingerprint density at radius 3 is 2.53 bits per heavy atom. The van der Waals surface area contributed by atoms with E-state index in [4.69, 9.17) is 18.2 Å². The van der Waals surface area contributed by atoms with Gasteiger partial charge >= 0.3 is 0 Å². The van der Waals surface area contributed by atoms with Crippen LogP contribution in [0.3, 0.4) is 0 Å². The van der Waals surface area contributed by atoms with Crippen LogP contribution in [-0.2, 0) is 22.9 Å². The maximum Gasteiger partial charge on any atom is 0.261 e. The molecule has 2 aromatic rings. The molecule has 0 atom stereocenters. The number of hydrogen-bond acceptors (Lipinski definition) is 5. The van der Waals surface area contributed by atoms with Gasteiger partial charge in [-0.15, -0.1) is 0 Å². The third-order valence-electron chi connectivity index (χ3n) is 5.03. The van der Waals surface area contributed by atoms with Crippen molar-refractivity contribution in [3.63, 3.8) is 0 Å². The molecule has 0 aliphatic carbocycles. The van der Waals surface area contributed by atoms with Gasteiger partial charge in [0.2, 0.25) is 5.69 Å². The number of carbonyl (C=O) groups is 2. The summed E-state index contributed by atoms with van der Waals surface area (Å²) in [5.74, 6) is -1.24. The number of amides is 2. The van der Waals surface area contributed by atoms with Gasteiger partial charge in [0.25, 0.3) is 17.4 Å². The Morgan fingerprint density at radius 2 is 1.91 bits per heavy atom. The number of fused-ring (bicyclic) bond motifs is 1. The molecule has 0 spiro atoms. The number of halogens is 1. The Hall–Kier alpha value is -3.16. The molecule has 0 saturated carbocycles. The van der Waals surface area contributed by atoms with Crippen LogP contribution in [0, 0.1) is 6.57 Å². The Bertz CT molecular complexity index is 1260. The summed E-state index contributed by atoms with van der Waals surface area (Å²) in [6, 6.07) is 7.98. The van der Waals surface area contributed by atoms with E-state index in [2.05, 4.69) is 10.2 Å². The van der Waals surface area contributed by atoms with Crippen LogP contribution in [0.1, 0.15) is 32.8 Å². The zero-order chi connectivity index (χ0) is 23.5. The second-order valence-corrected chi connectivity index (χ2v) is 10.1. The van der Waals surface area contributed by atoms with Crippen molar-refractivity contribution in [3.8, 4) is 0 Å². The molecular weight excluding hydrogens is 456 g/mol. The summed E-state index contributed by atoms with van der Waals surface area (Å²) < 4.78 is 23.8. The molecule has 9 nitrogen and oxygen atoms in total. The van der Waals surface area contributed by atoms with Crippen LogP contribution >= 0.6 is 11.6 Å². The third-order valence-corrected chi connectivity index (χ3v) is 6.31. The molecular formula is C21H21ClN4O5S. The number of benzene rings is 1. The number of hydrogen-bond donors (Lipinski definition) is 1. The summed E-state index contributed by atoms with van der Waals surface area (Å²) in [5, 5.41) is 3.21. The van der Waals surface area contributed by atoms with Gasteiger partial charge < -0.3 is 14.8 Å². The highest BCUT2D eigenvalue weighted by Crippen LogP contribution is 2.24. The molecule has 0 unspecified atom stereocenters.